The molecule has 1 aliphatic heterocycles. The summed E-state index contributed by atoms with van der Waals surface area (Å²) >= 11 is 0. The highest BCUT2D eigenvalue weighted by Crippen LogP contribution is 2.89. The highest BCUT2D eigenvalue weighted by molar-refractivity contribution is 5.82. The molecule has 2 nitrogen and oxygen atoms in total. The lowest BCUT2D eigenvalue weighted by atomic mass is 9.26. The van der Waals surface area contributed by atoms with Crippen molar-refractivity contribution in [2.75, 3.05) is 4.90 Å². The van der Waals surface area contributed by atoms with Crippen LogP contribution >= 0.6 is 0 Å². The maximum Gasteiger partial charge on any atom is 0.131 e. The van der Waals surface area contributed by atoms with Gasteiger partial charge in [-0.05, 0) is 160 Å². The van der Waals surface area contributed by atoms with Gasteiger partial charge in [-0.3, -0.25) is 0 Å². The van der Waals surface area contributed by atoms with Crippen molar-refractivity contribution < 1.29 is 4.74 Å². The lowest BCUT2D eigenvalue weighted by molar-refractivity contribution is -0.235. The van der Waals surface area contributed by atoms with Crippen LogP contribution in [0.2, 0.25) is 0 Å². The number of benzene rings is 6. The predicted molar refractivity (Wildman–Crippen MR) is 229 cm³/mol. The van der Waals surface area contributed by atoms with Crippen LogP contribution in [0.5, 0.6) is 11.5 Å². The Kier molecular flexibility index (Phi) is 6.67. The standard InChI is InChI=1S/C54H51NO/c1-51(2)27-28-52(3,4)50-42(13-10-15-44(50)51)37-19-23-40(24-20-37)55(39-21-17-36(18-22-39)35-11-6-5-7-12-35)41-25-26-47-45(32-41)54(43-14-8-9-16-46(43)56-47)48-30-34-29-38-31-49(54)53(38,48)33-34/h5-26,32,34,38,48-49H,27-31,33H2,1-4H3. The summed E-state index contributed by atoms with van der Waals surface area (Å²) in [5.41, 5.74) is 15.5. The number of anilines is 3. The molecule has 2 spiro atoms. The Morgan fingerprint density at radius 2 is 1.14 bits per heavy atom. The molecule has 0 N–H and O–H groups in total. The van der Waals surface area contributed by atoms with Crippen LogP contribution in [-0.4, -0.2) is 0 Å². The van der Waals surface area contributed by atoms with E-state index >= 15 is 0 Å². The lowest BCUT2D eigenvalue weighted by Crippen LogP contribution is -2.74. The van der Waals surface area contributed by atoms with Crippen LogP contribution in [-0.2, 0) is 16.2 Å². The number of para-hydroxylation sites is 1. The summed E-state index contributed by atoms with van der Waals surface area (Å²) in [4.78, 5) is 2.49. The van der Waals surface area contributed by atoms with Crippen molar-refractivity contribution in [3.8, 4) is 33.8 Å². The third-order valence-corrected chi connectivity index (χ3v) is 16.2. The van der Waals surface area contributed by atoms with E-state index in [-0.39, 0.29) is 16.2 Å². The summed E-state index contributed by atoms with van der Waals surface area (Å²) in [7, 11) is 0. The van der Waals surface area contributed by atoms with Crippen LogP contribution in [0.15, 0.2) is 140 Å². The van der Waals surface area contributed by atoms with Gasteiger partial charge in [0.05, 0.1) is 0 Å². The SMILES string of the molecule is CC1(C)CCC(C)(C)c2c(-c3ccc(N(c4ccc(-c5ccccc5)cc4)c4ccc5c(c4)C4(c6ccccc6O5)C5CC6CC7CC4C75C6)cc3)cccc21. The summed E-state index contributed by atoms with van der Waals surface area (Å²) in [5.74, 6) is 5.39. The van der Waals surface area contributed by atoms with E-state index < -0.39 is 0 Å². The van der Waals surface area contributed by atoms with E-state index in [1.807, 2.05) is 0 Å². The first-order chi connectivity index (χ1) is 27.2. The van der Waals surface area contributed by atoms with E-state index in [4.69, 9.17) is 4.74 Å². The molecule has 0 saturated heterocycles. The van der Waals surface area contributed by atoms with Gasteiger partial charge < -0.3 is 9.64 Å². The third kappa shape index (κ3) is 4.23. The molecule has 2 bridgehead atoms. The summed E-state index contributed by atoms with van der Waals surface area (Å²) in [5, 5.41) is 0. The number of hydrogen-bond donors (Lipinski definition) is 0. The van der Waals surface area contributed by atoms with E-state index in [0.717, 1.165) is 29.0 Å². The molecule has 6 aromatic carbocycles. The van der Waals surface area contributed by atoms with Crippen LogP contribution in [0, 0.1) is 29.1 Å². The van der Waals surface area contributed by atoms with Gasteiger partial charge in [-0.1, -0.05) is 119 Å². The molecule has 12 rings (SSSR count). The van der Waals surface area contributed by atoms with Crippen molar-refractivity contribution in [2.24, 2.45) is 29.1 Å². The molecule has 0 amide bonds. The van der Waals surface area contributed by atoms with E-state index in [1.165, 1.54) is 94.4 Å². The molecule has 2 heteroatoms. The summed E-state index contributed by atoms with van der Waals surface area (Å²) in [6.07, 6.45) is 8.08. The van der Waals surface area contributed by atoms with Crippen LogP contribution < -0.4 is 9.64 Å². The molecule has 5 aliphatic carbocycles. The Morgan fingerprint density at radius 1 is 0.518 bits per heavy atom. The van der Waals surface area contributed by atoms with Gasteiger partial charge in [0.1, 0.15) is 11.5 Å². The van der Waals surface area contributed by atoms with E-state index in [9.17, 15) is 0 Å². The molecule has 6 atom stereocenters. The number of rotatable bonds is 5. The molecule has 4 saturated carbocycles. The van der Waals surface area contributed by atoms with Crippen LogP contribution in [0.4, 0.5) is 17.1 Å². The summed E-state index contributed by atoms with van der Waals surface area (Å²) < 4.78 is 6.83. The second kappa shape index (κ2) is 11.3. The van der Waals surface area contributed by atoms with Crippen LogP contribution in [0.25, 0.3) is 22.3 Å². The Balaban J connectivity index is 1.00. The van der Waals surface area contributed by atoms with Crippen molar-refractivity contribution in [1.29, 1.82) is 0 Å². The van der Waals surface area contributed by atoms with Crippen molar-refractivity contribution in [3.63, 3.8) is 0 Å². The molecule has 0 aromatic heterocycles. The molecule has 1 heterocycles. The zero-order valence-corrected chi connectivity index (χ0v) is 33.2. The van der Waals surface area contributed by atoms with Crippen molar-refractivity contribution >= 4 is 17.1 Å². The zero-order valence-electron chi connectivity index (χ0n) is 33.2. The van der Waals surface area contributed by atoms with Gasteiger partial charge in [0, 0.05) is 33.6 Å². The highest BCUT2D eigenvalue weighted by Gasteiger charge is 2.84. The van der Waals surface area contributed by atoms with Gasteiger partial charge in [-0.15, -0.1) is 0 Å². The second-order valence-electron chi connectivity index (χ2n) is 19.6. The number of fused-ring (bicyclic) bond motifs is 8. The second-order valence-corrected chi connectivity index (χ2v) is 19.6. The summed E-state index contributed by atoms with van der Waals surface area (Å²) in [6.45, 7) is 9.72. The monoisotopic (exact) mass is 729 g/mol. The van der Waals surface area contributed by atoms with E-state index in [0.29, 0.717) is 17.3 Å². The Morgan fingerprint density at radius 3 is 1.91 bits per heavy atom. The molecule has 0 radical (unpaired) electrons. The predicted octanol–water partition coefficient (Wildman–Crippen LogP) is 14.3. The van der Waals surface area contributed by atoms with Crippen molar-refractivity contribution in [3.05, 3.63) is 162 Å². The molecule has 6 unspecified atom stereocenters. The Bertz CT molecular complexity index is 2550. The van der Waals surface area contributed by atoms with Gasteiger partial charge in [0.25, 0.3) is 0 Å². The fraction of sp³-hybridized carbons (Fsp3) is 0.333. The number of hydrogen-bond acceptors (Lipinski definition) is 2. The maximum absolute atomic E-state index is 6.83. The van der Waals surface area contributed by atoms with E-state index in [2.05, 4.69) is 172 Å². The quantitative estimate of drug-likeness (QED) is 0.175. The van der Waals surface area contributed by atoms with Gasteiger partial charge in [-0.2, -0.15) is 0 Å². The average molecular weight is 730 g/mol. The van der Waals surface area contributed by atoms with Crippen molar-refractivity contribution in [1.82, 2.24) is 0 Å². The minimum atomic E-state index is 0.0333. The lowest BCUT2D eigenvalue weighted by Gasteiger charge is -2.77. The highest BCUT2D eigenvalue weighted by atomic mass is 16.5. The fourth-order valence-corrected chi connectivity index (χ4v) is 13.8. The molecular formula is C54H51NO. The zero-order chi connectivity index (χ0) is 37.6. The minimum absolute atomic E-state index is 0.0333. The molecule has 6 aliphatic rings. The smallest absolute Gasteiger partial charge is 0.131 e. The minimum Gasteiger partial charge on any atom is -0.457 e. The van der Waals surface area contributed by atoms with Crippen LogP contribution in [0.3, 0.4) is 0 Å². The first-order valence-corrected chi connectivity index (χ1v) is 21.3. The van der Waals surface area contributed by atoms with Crippen molar-refractivity contribution in [2.45, 2.75) is 82.5 Å². The third-order valence-electron chi connectivity index (χ3n) is 16.2. The largest absolute Gasteiger partial charge is 0.457 e. The summed E-state index contributed by atoms with van der Waals surface area (Å²) in [6, 6.07) is 52.5. The molecule has 278 valence electrons. The fourth-order valence-electron chi connectivity index (χ4n) is 13.8. The molecule has 6 aromatic rings. The first-order valence-electron chi connectivity index (χ1n) is 21.3. The Hall–Kier alpha value is -5.08. The average Bonchev–Trinajstić information content (AvgIpc) is 3.76. The van der Waals surface area contributed by atoms with Gasteiger partial charge in [0.2, 0.25) is 0 Å². The number of ether oxygens (including phenoxy) is 1. The van der Waals surface area contributed by atoms with Gasteiger partial charge in [0.15, 0.2) is 0 Å². The normalized spacial score (nSPS) is 28.9. The van der Waals surface area contributed by atoms with Crippen LogP contribution in [0.1, 0.15) is 88.5 Å². The maximum atomic E-state index is 6.83. The first kappa shape index (κ1) is 33.1. The molecular weight excluding hydrogens is 679 g/mol. The number of nitrogens with zero attached hydrogens (tertiary/aromatic N) is 1. The van der Waals surface area contributed by atoms with E-state index in [1.54, 1.807) is 0 Å². The Labute approximate surface area is 332 Å². The molecule has 4 fully saturated rings. The topological polar surface area (TPSA) is 12.5 Å². The van der Waals surface area contributed by atoms with Gasteiger partial charge in [-0.25, -0.2) is 0 Å². The van der Waals surface area contributed by atoms with Gasteiger partial charge >= 0.3 is 0 Å². The molecule has 56 heavy (non-hydrogen) atoms.